The van der Waals surface area contributed by atoms with Crippen molar-refractivity contribution in [2.24, 2.45) is 0 Å². The van der Waals surface area contributed by atoms with Crippen molar-refractivity contribution in [3.8, 4) is 11.4 Å². The summed E-state index contributed by atoms with van der Waals surface area (Å²) in [6, 6.07) is 21.3. The van der Waals surface area contributed by atoms with Crippen molar-refractivity contribution >= 4 is 32.3 Å². The van der Waals surface area contributed by atoms with Gasteiger partial charge in [-0.25, -0.2) is 9.13 Å². The quantitative estimate of drug-likeness (QED) is 0.252. The lowest BCUT2D eigenvalue weighted by atomic mass is 10.00. The molecule has 4 aromatic heterocycles. The Labute approximate surface area is 230 Å². The zero-order chi connectivity index (χ0) is 28.0. The molecule has 0 aliphatic rings. The van der Waals surface area contributed by atoms with Gasteiger partial charge in [0.05, 0.1) is 11.4 Å². The van der Waals surface area contributed by atoms with Gasteiger partial charge >= 0.3 is 0 Å². The van der Waals surface area contributed by atoms with Crippen LogP contribution in [0.25, 0.3) is 43.7 Å². The first-order valence-corrected chi connectivity index (χ1v) is 14.0. The summed E-state index contributed by atoms with van der Waals surface area (Å²) in [6.07, 6.45) is 6.13. The summed E-state index contributed by atoms with van der Waals surface area (Å²) in [6.45, 7) is 4.27. The highest BCUT2D eigenvalue weighted by molar-refractivity contribution is 6.22. The number of unbranched alkanes of at least 4 members (excludes halogenated alkanes) is 2. The Balaban J connectivity index is 1.64. The van der Waals surface area contributed by atoms with Crippen molar-refractivity contribution in [1.29, 1.82) is 0 Å². The van der Waals surface area contributed by atoms with Gasteiger partial charge in [-0.3, -0.25) is 19.2 Å². The predicted octanol–water partition coefficient (Wildman–Crippen LogP) is 5.73. The van der Waals surface area contributed by atoms with Crippen LogP contribution in [0.1, 0.15) is 50.7 Å². The average molecular weight is 531 g/mol. The van der Waals surface area contributed by atoms with Crippen LogP contribution in [-0.2, 0) is 12.8 Å². The largest absolute Gasteiger partial charge is 0.268 e. The van der Waals surface area contributed by atoms with Crippen LogP contribution in [0.15, 0.2) is 92.0 Å². The fourth-order valence-electron chi connectivity index (χ4n) is 5.73. The molecular formula is C34H30N2O4. The van der Waals surface area contributed by atoms with Gasteiger partial charge in [-0.15, -0.1) is 0 Å². The summed E-state index contributed by atoms with van der Waals surface area (Å²) >= 11 is 0. The molecule has 0 atom stereocenters. The highest BCUT2D eigenvalue weighted by atomic mass is 16.2. The molecule has 200 valence electrons. The summed E-state index contributed by atoms with van der Waals surface area (Å²) in [4.78, 5) is 55.6. The van der Waals surface area contributed by atoms with E-state index < -0.39 is 22.2 Å². The molecule has 0 amide bonds. The third-order valence-electron chi connectivity index (χ3n) is 7.92. The highest BCUT2D eigenvalue weighted by Gasteiger charge is 2.22. The molecule has 6 nitrogen and oxygen atoms in total. The minimum atomic E-state index is -0.510. The first-order chi connectivity index (χ1) is 19.4. The number of aryl methyl sites for hydroxylation is 2. The summed E-state index contributed by atoms with van der Waals surface area (Å²) in [7, 11) is 0. The summed E-state index contributed by atoms with van der Waals surface area (Å²) in [5.74, 6) is 0. The Morgan fingerprint density at radius 1 is 0.450 bits per heavy atom. The van der Waals surface area contributed by atoms with Gasteiger partial charge in [0, 0.05) is 32.3 Å². The van der Waals surface area contributed by atoms with Crippen LogP contribution in [0.3, 0.4) is 0 Å². The van der Waals surface area contributed by atoms with Crippen LogP contribution in [0.4, 0.5) is 0 Å². The molecular weight excluding hydrogens is 500 g/mol. The second kappa shape index (κ2) is 10.2. The lowest BCUT2D eigenvalue weighted by Gasteiger charge is -2.05. The first-order valence-electron chi connectivity index (χ1n) is 14.0. The number of nitrogens with zero attached hydrogens (tertiary/aromatic N) is 2. The number of rotatable bonds is 8. The molecule has 0 saturated heterocycles. The van der Waals surface area contributed by atoms with Crippen LogP contribution in [0, 0.1) is 0 Å². The molecule has 40 heavy (non-hydrogen) atoms. The molecule has 0 unspecified atom stereocenters. The van der Waals surface area contributed by atoms with Gasteiger partial charge in [-0.2, -0.15) is 0 Å². The molecule has 0 radical (unpaired) electrons. The maximum Gasteiger partial charge on any atom is 0.265 e. The number of hydrogen-bond acceptors (Lipinski definition) is 4. The molecule has 0 saturated carbocycles. The predicted molar refractivity (Wildman–Crippen MR) is 162 cm³/mol. The zero-order valence-corrected chi connectivity index (χ0v) is 22.7. The Kier molecular flexibility index (Phi) is 6.54. The Hall–Kier alpha value is -4.58. The smallest absolute Gasteiger partial charge is 0.265 e. The van der Waals surface area contributed by atoms with Gasteiger partial charge in [0.15, 0.2) is 0 Å². The summed E-state index contributed by atoms with van der Waals surface area (Å²) < 4.78 is 2.32. The number of fused-ring (bicyclic) bond motifs is 6. The maximum atomic E-state index is 13.9. The van der Waals surface area contributed by atoms with Gasteiger partial charge in [-0.1, -0.05) is 51.0 Å². The number of benzene rings is 4. The lowest BCUT2D eigenvalue weighted by molar-refractivity contribution is 0.794. The molecule has 4 heterocycles. The maximum absolute atomic E-state index is 13.9. The van der Waals surface area contributed by atoms with Crippen molar-refractivity contribution in [3.63, 3.8) is 0 Å². The van der Waals surface area contributed by atoms with E-state index in [2.05, 4.69) is 13.8 Å². The average Bonchev–Trinajstić information content (AvgIpc) is 3.27. The SMILES string of the molecule is CCCCc1ccc(-n2c(=O)c3ccc(c2=O)c2c4ccc(c(=O)n(-c5ccc(CCCC)cc5)c4=O)c32)cc1. The molecule has 0 N–H and O–H groups in total. The Bertz CT molecular complexity index is 1840. The van der Waals surface area contributed by atoms with Crippen LogP contribution in [0.5, 0.6) is 0 Å². The van der Waals surface area contributed by atoms with E-state index in [0.717, 1.165) is 58.8 Å². The minimum absolute atomic E-state index is 0.231. The fourth-order valence-corrected chi connectivity index (χ4v) is 5.73. The summed E-state index contributed by atoms with van der Waals surface area (Å²) in [5, 5.41) is 1.64. The summed E-state index contributed by atoms with van der Waals surface area (Å²) in [5.41, 5.74) is 1.16. The van der Waals surface area contributed by atoms with Crippen LogP contribution < -0.4 is 22.2 Å². The van der Waals surface area contributed by atoms with E-state index >= 15 is 0 Å². The molecule has 4 aromatic carbocycles. The molecule has 0 fully saturated rings. The fraction of sp³-hybridized carbons (Fsp3) is 0.235. The minimum Gasteiger partial charge on any atom is -0.268 e. The van der Waals surface area contributed by atoms with Gasteiger partial charge in [0.2, 0.25) is 0 Å². The topological polar surface area (TPSA) is 78.1 Å². The van der Waals surface area contributed by atoms with E-state index in [1.807, 2.05) is 24.3 Å². The van der Waals surface area contributed by atoms with Crippen LogP contribution >= 0.6 is 0 Å². The van der Waals surface area contributed by atoms with Crippen molar-refractivity contribution in [1.82, 2.24) is 9.13 Å². The van der Waals surface area contributed by atoms with E-state index in [1.54, 1.807) is 48.5 Å². The third kappa shape index (κ3) is 4.02. The number of aromatic nitrogens is 2. The first kappa shape index (κ1) is 25.7. The standard InChI is InChI=1S/C34H30N2O4/c1-3-5-7-21-9-13-23(14-10-21)35-31(37)25-17-18-26(32(35)38)30-28-20-19-27(29(25)30)33(39)36(34(28)40)24-15-11-22(12-16-24)8-6-4-2/h9-20H,3-8H2,1-2H3. The van der Waals surface area contributed by atoms with Crippen molar-refractivity contribution in [2.45, 2.75) is 52.4 Å². The Morgan fingerprint density at radius 2 is 0.750 bits per heavy atom. The molecule has 0 aliphatic heterocycles. The lowest BCUT2D eigenvalue weighted by Crippen LogP contribution is -2.28. The Morgan fingerprint density at radius 3 is 1.02 bits per heavy atom. The van der Waals surface area contributed by atoms with E-state index in [4.69, 9.17) is 0 Å². The van der Waals surface area contributed by atoms with E-state index in [1.165, 1.54) is 0 Å². The van der Waals surface area contributed by atoms with Crippen molar-refractivity contribution in [3.05, 3.63) is 125 Å². The van der Waals surface area contributed by atoms with Gasteiger partial charge in [0.25, 0.3) is 22.2 Å². The number of hydrogen-bond donors (Lipinski definition) is 0. The van der Waals surface area contributed by atoms with E-state index in [-0.39, 0.29) is 21.5 Å². The van der Waals surface area contributed by atoms with E-state index in [0.29, 0.717) is 22.1 Å². The molecule has 0 spiro atoms. The van der Waals surface area contributed by atoms with E-state index in [9.17, 15) is 19.2 Å². The normalized spacial score (nSPS) is 11.8. The van der Waals surface area contributed by atoms with Crippen molar-refractivity contribution in [2.75, 3.05) is 0 Å². The second-order valence-electron chi connectivity index (χ2n) is 10.5. The van der Waals surface area contributed by atoms with Gasteiger partial charge in [0.1, 0.15) is 0 Å². The zero-order valence-electron chi connectivity index (χ0n) is 22.7. The molecule has 8 aromatic rings. The molecule has 8 rings (SSSR count). The molecule has 6 heteroatoms. The van der Waals surface area contributed by atoms with Crippen LogP contribution in [0.2, 0.25) is 0 Å². The molecule has 0 aliphatic carbocycles. The van der Waals surface area contributed by atoms with Gasteiger partial charge < -0.3 is 0 Å². The van der Waals surface area contributed by atoms with Gasteiger partial charge in [-0.05, 0) is 85.3 Å². The van der Waals surface area contributed by atoms with Crippen molar-refractivity contribution < 1.29 is 0 Å². The molecule has 4 bridgehead atoms. The highest BCUT2D eigenvalue weighted by Crippen LogP contribution is 2.29. The van der Waals surface area contributed by atoms with Crippen LogP contribution in [-0.4, -0.2) is 9.13 Å². The monoisotopic (exact) mass is 530 g/mol. The second-order valence-corrected chi connectivity index (χ2v) is 10.5. The third-order valence-corrected chi connectivity index (χ3v) is 7.92.